The van der Waals surface area contributed by atoms with Gasteiger partial charge in [-0.25, -0.2) is 0 Å². The molecule has 3 rings (SSSR count). The first-order chi connectivity index (χ1) is 8.27. The van der Waals surface area contributed by atoms with Crippen molar-refractivity contribution < 1.29 is 9.47 Å². The Balaban J connectivity index is 1.74. The van der Waals surface area contributed by atoms with E-state index in [2.05, 4.69) is 5.10 Å². The first-order valence-corrected chi connectivity index (χ1v) is 6.30. The third-order valence-corrected chi connectivity index (χ3v) is 3.87. The molecule has 0 bridgehead atoms. The molecule has 2 aliphatic rings. The number of hydrogen-bond acceptors (Lipinski definition) is 4. The molecule has 1 atom stereocenters. The van der Waals surface area contributed by atoms with Gasteiger partial charge in [0.1, 0.15) is 5.82 Å². The number of nitrogen functional groups attached to an aromatic ring is 1. The van der Waals surface area contributed by atoms with Crippen molar-refractivity contribution in [3.8, 4) is 0 Å². The quantitative estimate of drug-likeness (QED) is 0.801. The predicted octanol–water partition coefficient (Wildman–Crippen LogP) is 1.37. The van der Waals surface area contributed by atoms with Crippen molar-refractivity contribution in [3.63, 3.8) is 0 Å². The summed E-state index contributed by atoms with van der Waals surface area (Å²) in [6.45, 7) is 2.44. The molecular weight excluding hydrogens is 218 g/mol. The SMILES string of the molecule is Nc1ccn(C2CCOC3(CCOCC3)C2)n1. The second-order valence-electron chi connectivity index (χ2n) is 5.01. The molecule has 1 aromatic heterocycles. The van der Waals surface area contributed by atoms with Crippen LogP contribution < -0.4 is 5.73 Å². The van der Waals surface area contributed by atoms with Crippen molar-refractivity contribution in [3.05, 3.63) is 12.3 Å². The van der Waals surface area contributed by atoms with E-state index in [9.17, 15) is 0 Å². The fourth-order valence-corrected chi connectivity index (χ4v) is 2.88. The molecule has 1 aromatic rings. The van der Waals surface area contributed by atoms with Gasteiger partial charge in [0, 0.05) is 26.0 Å². The van der Waals surface area contributed by atoms with E-state index in [4.69, 9.17) is 15.2 Å². The Kier molecular flexibility index (Phi) is 2.80. The molecule has 0 aromatic carbocycles. The molecule has 2 N–H and O–H groups in total. The molecular formula is C12H19N3O2. The van der Waals surface area contributed by atoms with Crippen molar-refractivity contribution in [2.45, 2.75) is 37.3 Å². The lowest BCUT2D eigenvalue weighted by Gasteiger charge is -2.43. The van der Waals surface area contributed by atoms with E-state index in [1.165, 1.54) is 0 Å². The third-order valence-electron chi connectivity index (χ3n) is 3.87. The number of anilines is 1. The Morgan fingerprint density at radius 1 is 1.35 bits per heavy atom. The van der Waals surface area contributed by atoms with Gasteiger partial charge in [0.25, 0.3) is 0 Å². The Hall–Kier alpha value is -1.07. The molecule has 94 valence electrons. The molecule has 2 fully saturated rings. The summed E-state index contributed by atoms with van der Waals surface area (Å²) in [6.07, 6.45) is 6.01. The highest BCUT2D eigenvalue weighted by molar-refractivity contribution is 5.24. The Morgan fingerprint density at radius 2 is 2.18 bits per heavy atom. The van der Waals surface area contributed by atoms with Gasteiger partial charge in [-0.1, -0.05) is 0 Å². The van der Waals surface area contributed by atoms with E-state index in [0.717, 1.165) is 45.5 Å². The van der Waals surface area contributed by atoms with Crippen LogP contribution in [0.15, 0.2) is 12.3 Å². The normalized spacial score (nSPS) is 28.4. The van der Waals surface area contributed by atoms with Crippen LogP contribution in [-0.2, 0) is 9.47 Å². The largest absolute Gasteiger partial charge is 0.382 e. The van der Waals surface area contributed by atoms with E-state index >= 15 is 0 Å². The average molecular weight is 237 g/mol. The summed E-state index contributed by atoms with van der Waals surface area (Å²) in [5.74, 6) is 0.595. The maximum atomic E-state index is 6.01. The first-order valence-electron chi connectivity index (χ1n) is 6.30. The molecule has 2 saturated heterocycles. The van der Waals surface area contributed by atoms with Crippen LogP contribution in [-0.4, -0.2) is 35.2 Å². The van der Waals surface area contributed by atoms with Crippen LogP contribution in [0.1, 0.15) is 31.7 Å². The zero-order valence-electron chi connectivity index (χ0n) is 9.97. The fourth-order valence-electron chi connectivity index (χ4n) is 2.88. The van der Waals surface area contributed by atoms with E-state index in [1.807, 2.05) is 16.9 Å². The smallest absolute Gasteiger partial charge is 0.145 e. The van der Waals surface area contributed by atoms with Crippen LogP contribution in [0.4, 0.5) is 5.82 Å². The highest BCUT2D eigenvalue weighted by Crippen LogP contribution is 2.38. The standard InChI is InChI=1S/C12H19N3O2/c13-11-1-5-15(14-11)10-2-6-17-12(9-10)3-7-16-8-4-12/h1,5,10H,2-4,6-9H2,(H2,13,14). The number of nitrogens with zero attached hydrogens (tertiary/aromatic N) is 2. The van der Waals surface area contributed by atoms with Crippen LogP contribution in [0.2, 0.25) is 0 Å². The van der Waals surface area contributed by atoms with Crippen molar-refractivity contribution in [1.82, 2.24) is 9.78 Å². The molecule has 3 heterocycles. The van der Waals surface area contributed by atoms with Crippen molar-refractivity contribution in [2.24, 2.45) is 0 Å². The van der Waals surface area contributed by atoms with Gasteiger partial charge in [-0.05, 0) is 31.7 Å². The van der Waals surface area contributed by atoms with Gasteiger partial charge < -0.3 is 15.2 Å². The average Bonchev–Trinajstić information content (AvgIpc) is 2.77. The molecule has 5 nitrogen and oxygen atoms in total. The lowest BCUT2D eigenvalue weighted by Crippen LogP contribution is -2.44. The maximum absolute atomic E-state index is 6.01. The second kappa shape index (κ2) is 4.31. The predicted molar refractivity (Wildman–Crippen MR) is 63.6 cm³/mol. The number of ether oxygens (including phenoxy) is 2. The minimum atomic E-state index is 0.0158. The summed E-state index contributed by atoms with van der Waals surface area (Å²) in [7, 11) is 0. The van der Waals surface area contributed by atoms with Crippen molar-refractivity contribution >= 4 is 5.82 Å². The zero-order valence-corrected chi connectivity index (χ0v) is 9.97. The zero-order chi connectivity index (χ0) is 11.7. The van der Waals surface area contributed by atoms with Crippen LogP contribution in [0.5, 0.6) is 0 Å². The molecule has 1 spiro atoms. The van der Waals surface area contributed by atoms with Gasteiger partial charge in [-0.2, -0.15) is 5.10 Å². The van der Waals surface area contributed by atoms with Gasteiger partial charge in [0.05, 0.1) is 11.6 Å². The van der Waals surface area contributed by atoms with E-state index < -0.39 is 0 Å². The van der Waals surface area contributed by atoms with Gasteiger partial charge in [-0.3, -0.25) is 4.68 Å². The molecule has 5 heteroatoms. The van der Waals surface area contributed by atoms with Gasteiger partial charge in [-0.15, -0.1) is 0 Å². The Labute approximate surface area is 101 Å². The van der Waals surface area contributed by atoms with Crippen LogP contribution in [0.25, 0.3) is 0 Å². The van der Waals surface area contributed by atoms with Crippen LogP contribution >= 0.6 is 0 Å². The maximum Gasteiger partial charge on any atom is 0.145 e. The van der Waals surface area contributed by atoms with Gasteiger partial charge in [0.15, 0.2) is 0 Å². The second-order valence-corrected chi connectivity index (χ2v) is 5.01. The van der Waals surface area contributed by atoms with Crippen LogP contribution in [0.3, 0.4) is 0 Å². The topological polar surface area (TPSA) is 62.3 Å². The molecule has 17 heavy (non-hydrogen) atoms. The van der Waals surface area contributed by atoms with Crippen molar-refractivity contribution in [1.29, 1.82) is 0 Å². The van der Waals surface area contributed by atoms with Crippen LogP contribution in [0, 0.1) is 0 Å². The Morgan fingerprint density at radius 3 is 2.88 bits per heavy atom. The lowest BCUT2D eigenvalue weighted by atomic mass is 9.84. The number of rotatable bonds is 1. The van der Waals surface area contributed by atoms with Gasteiger partial charge in [0.2, 0.25) is 0 Å². The number of nitrogens with two attached hydrogens (primary N) is 1. The van der Waals surface area contributed by atoms with E-state index in [-0.39, 0.29) is 5.60 Å². The summed E-state index contributed by atoms with van der Waals surface area (Å²) >= 11 is 0. The Bertz CT molecular complexity index is 379. The summed E-state index contributed by atoms with van der Waals surface area (Å²) < 4.78 is 13.4. The molecule has 0 saturated carbocycles. The summed E-state index contributed by atoms with van der Waals surface area (Å²) in [5.41, 5.74) is 5.69. The highest BCUT2D eigenvalue weighted by Gasteiger charge is 2.39. The fraction of sp³-hybridized carbons (Fsp3) is 0.750. The van der Waals surface area contributed by atoms with E-state index in [1.54, 1.807) is 0 Å². The summed E-state index contributed by atoms with van der Waals surface area (Å²) in [4.78, 5) is 0. The molecule has 0 radical (unpaired) electrons. The van der Waals surface area contributed by atoms with E-state index in [0.29, 0.717) is 11.9 Å². The monoisotopic (exact) mass is 237 g/mol. The minimum absolute atomic E-state index is 0.0158. The minimum Gasteiger partial charge on any atom is -0.382 e. The molecule has 0 amide bonds. The van der Waals surface area contributed by atoms with Gasteiger partial charge >= 0.3 is 0 Å². The lowest BCUT2D eigenvalue weighted by molar-refractivity contribution is -0.145. The molecule has 2 aliphatic heterocycles. The number of hydrogen-bond donors (Lipinski definition) is 1. The molecule has 1 unspecified atom stereocenters. The first kappa shape index (κ1) is 11.0. The summed E-state index contributed by atoms with van der Waals surface area (Å²) in [6, 6.07) is 2.27. The van der Waals surface area contributed by atoms with Crippen molar-refractivity contribution in [2.75, 3.05) is 25.6 Å². The number of aromatic nitrogens is 2. The summed E-state index contributed by atoms with van der Waals surface area (Å²) in [5, 5.41) is 4.32. The molecule has 0 aliphatic carbocycles. The highest BCUT2D eigenvalue weighted by atomic mass is 16.5. The third kappa shape index (κ3) is 2.17.